The Morgan fingerprint density at radius 3 is 2.72 bits per heavy atom. The Bertz CT molecular complexity index is 653. The standard InChI is InChI=1S/C16H18F2N2O5/c1-9-12(14(21)24-8-7-23-2)13(20-16(22)19-9)10-5-3-4-6-11(10)25-15(17)18/h3-6,12-13,15H,1,7-8H2,2H3,(H2,19,20,22)/t12-,13-/m0/s1. The van der Waals surface area contributed by atoms with Crippen molar-refractivity contribution in [3.63, 3.8) is 0 Å². The first-order valence-corrected chi connectivity index (χ1v) is 7.39. The molecule has 0 aromatic heterocycles. The van der Waals surface area contributed by atoms with Crippen molar-refractivity contribution in [3.05, 3.63) is 42.1 Å². The lowest BCUT2D eigenvalue weighted by Crippen LogP contribution is -2.51. The van der Waals surface area contributed by atoms with E-state index < -0.39 is 30.6 Å². The van der Waals surface area contributed by atoms with E-state index in [1.807, 2.05) is 0 Å². The summed E-state index contributed by atoms with van der Waals surface area (Å²) in [4.78, 5) is 24.2. The van der Waals surface area contributed by atoms with E-state index in [4.69, 9.17) is 9.47 Å². The van der Waals surface area contributed by atoms with Crippen molar-refractivity contribution < 1.29 is 32.6 Å². The number of urea groups is 1. The summed E-state index contributed by atoms with van der Waals surface area (Å²) in [5.41, 5.74) is 0.315. The van der Waals surface area contributed by atoms with E-state index in [0.717, 1.165) is 0 Å². The van der Waals surface area contributed by atoms with Crippen LogP contribution in [-0.4, -0.2) is 38.9 Å². The van der Waals surface area contributed by atoms with Gasteiger partial charge in [0.15, 0.2) is 0 Å². The van der Waals surface area contributed by atoms with Gasteiger partial charge in [-0.25, -0.2) is 4.79 Å². The van der Waals surface area contributed by atoms with Gasteiger partial charge in [0.1, 0.15) is 18.3 Å². The van der Waals surface area contributed by atoms with Gasteiger partial charge < -0.3 is 24.8 Å². The predicted molar refractivity (Wildman–Crippen MR) is 82.9 cm³/mol. The molecule has 136 valence electrons. The maximum absolute atomic E-state index is 12.6. The van der Waals surface area contributed by atoms with Crippen molar-refractivity contribution in [1.29, 1.82) is 0 Å². The van der Waals surface area contributed by atoms with E-state index >= 15 is 0 Å². The number of para-hydroxylation sites is 1. The highest BCUT2D eigenvalue weighted by Gasteiger charge is 2.40. The minimum absolute atomic E-state index is 0.00889. The first-order valence-electron chi connectivity index (χ1n) is 7.39. The summed E-state index contributed by atoms with van der Waals surface area (Å²) in [6, 6.07) is 4.32. The van der Waals surface area contributed by atoms with Crippen LogP contribution in [0.3, 0.4) is 0 Å². The van der Waals surface area contributed by atoms with Gasteiger partial charge in [-0.15, -0.1) is 0 Å². The molecule has 2 amide bonds. The second-order valence-corrected chi connectivity index (χ2v) is 5.16. The molecular formula is C16H18F2N2O5. The van der Waals surface area contributed by atoms with E-state index in [1.165, 1.54) is 25.3 Å². The molecular weight excluding hydrogens is 338 g/mol. The van der Waals surface area contributed by atoms with Crippen LogP contribution >= 0.6 is 0 Å². The zero-order valence-electron chi connectivity index (χ0n) is 13.5. The van der Waals surface area contributed by atoms with E-state index in [9.17, 15) is 18.4 Å². The number of esters is 1. The molecule has 1 saturated heterocycles. The highest BCUT2D eigenvalue weighted by molar-refractivity contribution is 5.85. The number of methoxy groups -OCH3 is 1. The smallest absolute Gasteiger partial charge is 0.387 e. The van der Waals surface area contributed by atoms with Gasteiger partial charge in [0.05, 0.1) is 12.6 Å². The lowest BCUT2D eigenvalue weighted by Gasteiger charge is -2.33. The molecule has 2 atom stereocenters. The molecule has 0 spiro atoms. The molecule has 1 aromatic carbocycles. The number of nitrogens with one attached hydrogen (secondary N) is 2. The SMILES string of the molecule is C=C1NC(=O)N[C@@H](c2ccccc2OC(F)F)[C@H]1C(=O)OCCOC. The Morgan fingerprint density at radius 2 is 2.04 bits per heavy atom. The Hall–Kier alpha value is -2.68. The largest absolute Gasteiger partial charge is 0.463 e. The van der Waals surface area contributed by atoms with Gasteiger partial charge in [-0.05, 0) is 6.07 Å². The molecule has 25 heavy (non-hydrogen) atoms. The Kier molecular flexibility index (Phi) is 6.29. The summed E-state index contributed by atoms with van der Waals surface area (Å²) < 4.78 is 39.7. The maximum atomic E-state index is 12.6. The summed E-state index contributed by atoms with van der Waals surface area (Å²) in [6.07, 6.45) is 0. The minimum Gasteiger partial charge on any atom is -0.463 e. The van der Waals surface area contributed by atoms with Gasteiger partial charge in [0, 0.05) is 18.4 Å². The molecule has 9 heteroatoms. The van der Waals surface area contributed by atoms with Crippen LogP contribution in [0, 0.1) is 5.92 Å². The van der Waals surface area contributed by atoms with Crippen LogP contribution < -0.4 is 15.4 Å². The van der Waals surface area contributed by atoms with Crippen molar-refractivity contribution in [3.8, 4) is 5.75 Å². The summed E-state index contributed by atoms with van der Waals surface area (Å²) in [7, 11) is 1.45. The van der Waals surface area contributed by atoms with Crippen molar-refractivity contribution >= 4 is 12.0 Å². The molecule has 2 N–H and O–H groups in total. The number of benzene rings is 1. The van der Waals surface area contributed by atoms with Crippen molar-refractivity contribution in [1.82, 2.24) is 10.6 Å². The Labute approximate surface area is 142 Å². The number of amides is 2. The van der Waals surface area contributed by atoms with Crippen LogP contribution in [0.25, 0.3) is 0 Å². The zero-order chi connectivity index (χ0) is 18.4. The Morgan fingerprint density at radius 1 is 1.32 bits per heavy atom. The minimum atomic E-state index is -3.05. The van der Waals surface area contributed by atoms with E-state index in [1.54, 1.807) is 6.07 Å². The third-order valence-corrected chi connectivity index (χ3v) is 3.53. The molecule has 0 radical (unpaired) electrons. The van der Waals surface area contributed by atoms with Crippen LogP contribution in [-0.2, 0) is 14.3 Å². The average molecular weight is 356 g/mol. The third kappa shape index (κ3) is 4.66. The topological polar surface area (TPSA) is 85.9 Å². The van der Waals surface area contributed by atoms with Crippen molar-refractivity contribution in [2.45, 2.75) is 12.7 Å². The van der Waals surface area contributed by atoms with Crippen molar-refractivity contribution in [2.24, 2.45) is 5.92 Å². The number of hydrogen-bond donors (Lipinski definition) is 2. The number of rotatable bonds is 7. The number of carbonyl (C=O) groups is 2. The molecule has 0 unspecified atom stereocenters. The quantitative estimate of drug-likeness (QED) is 0.576. The first-order chi connectivity index (χ1) is 11.9. The van der Waals surface area contributed by atoms with Gasteiger partial charge >= 0.3 is 18.6 Å². The summed E-state index contributed by atoms with van der Waals surface area (Å²) >= 11 is 0. The predicted octanol–water partition coefficient (Wildman–Crippen LogP) is 1.96. The second-order valence-electron chi connectivity index (χ2n) is 5.16. The number of carbonyl (C=O) groups excluding carboxylic acids is 2. The van der Waals surface area contributed by atoms with E-state index in [-0.39, 0.29) is 30.2 Å². The molecule has 1 heterocycles. The van der Waals surface area contributed by atoms with Crippen LogP contribution in [0.4, 0.5) is 13.6 Å². The number of halogens is 2. The summed E-state index contributed by atoms with van der Waals surface area (Å²) in [5.74, 6) is -1.84. The van der Waals surface area contributed by atoms with Crippen molar-refractivity contribution in [2.75, 3.05) is 20.3 Å². The number of hydrogen-bond acceptors (Lipinski definition) is 5. The molecule has 1 aliphatic rings. The fourth-order valence-corrected chi connectivity index (χ4v) is 2.48. The molecule has 2 rings (SSSR count). The molecule has 1 aliphatic heterocycles. The van der Waals surface area contributed by atoms with Crippen LogP contribution in [0.5, 0.6) is 5.75 Å². The summed E-state index contributed by atoms with van der Waals surface area (Å²) in [6.45, 7) is 0.825. The van der Waals surface area contributed by atoms with Gasteiger partial charge in [-0.2, -0.15) is 8.78 Å². The normalized spacial score (nSPS) is 20.0. The fraction of sp³-hybridized carbons (Fsp3) is 0.375. The number of alkyl halides is 2. The molecule has 7 nitrogen and oxygen atoms in total. The van der Waals surface area contributed by atoms with Crippen LogP contribution in [0.1, 0.15) is 11.6 Å². The summed E-state index contributed by atoms with van der Waals surface area (Å²) in [5, 5.41) is 4.93. The van der Waals surface area contributed by atoms with Gasteiger partial charge in [0.25, 0.3) is 0 Å². The average Bonchev–Trinajstić information content (AvgIpc) is 2.54. The monoisotopic (exact) mass is 356 g/mol. The molecule has 0 bridgehead atoms. The van der Waals surface area contributed by atoms with Gasteiger partial charge in [0.2, 0.25) is 0 Å². The van der Waals surface area contributed by atoms with Crippen LogP contribution in [0.15, 0.2) is 36.5 Å². The number of ether oxygens (including phenoxy) is 3. The molecule has 1 fully saturated rings. The third-order valence-electron chi connectivity index (χ3n) is 3.53. The maximum Gasteiger partial charge on any atom is 0.387 e. The highest BCUT2D eigenvalue weighted by atomic mass is 19.3. The van der Waals surface area contributed by atoms with E-state index in [2.05, 4.69) is 21.9 Å². The van der Waals surface area contributed by atoms with Gasteiger partial charge in [-0.1, -0.05) is 24.8 Å². The zero-order valence-corrected chi connectivity index (χ0v) is 13.5. The van der Waals surface area contributed by atoms with E-state index in [0.29, 0.717) is 0 Å². The van der Waals surface area contributed by atoms with Gasteiger partial charge in [-0.3, -0.25) is 4.79 Å². The first kappa shape index (κ1) is 18.7. The molecule has 1 aromatic rings. The highest BCUT2D eigenvalue weighted by Crippen LogP contribution is 2.35. The molecule has 0 saturated carbocycles. The lowest BCUT2D eigenvalue weighted by atomic mass is 9.88. The lowest BCUT2D eigenvalue weighted by molar-refractivity contribution is -0.149. The Balaban J connectivity index is 2.32. The second kappa shape index (κ2) is 8.43. The fourth-order valence-electron chi connectivity index (χ4n) is 2.48. The molecule has 0 aliphatic carbocycles. The van der Waals surface area contributed by atoms with Crippen LogP contribution in [0.2, 0.25) is 0 Å².